The van der Waals surface area contributed by atoms with E-state index < -0.39 is 11.0 Å². The zero-order chi connectivity index (χ0) is 15.4. The monoisotopic (exact) mass is 294 g/mol. The minimum Gasteiger partial charge on any atom is -0.378 e. The number of carbonyl (C=O) groups is 1. The van der Waals surface area contributed by atoms with Crippen molar-refractivity contribution in [2.24, 2.45) is 0 Å². The van der Waals surface area contributed by atoms with Gasteiger partial charge in [-0.05, 0) is 19.9 Å². The van der Waals surface area contributed by atoms with Crippen molar-refractivity contribution < 1.29 is 14.5 Å². The van der Waals surface area contributed by atoms with Crippen molar-refractivity contribution in [1.29, 1.82) is 0 Å². The van der Waals surface area contributed by atoms with E-state index >= 15 is 0 Å². The summed E-state index contributed by atoms with van der Waals surface area (Å²) in [7, 11) is 0. The first kappa shape index (κ1) is 15.2. The standard InChI is InChI=1S/C13H18N4O4/c1-9-3-4-14-12(11(9)17(19)20)15-10(2)13(18)16-5-7-21-8-6-16/h3-4,10H,5-8H2,1-2H3,(H,14,15). The number of aromatic nitrogens is 1. The molecule has 0 bridgehead atoms. The minimum atomic E-state index is -0.587. The van der Waals surface area contributed by atoms with E-state index in [4.69, 9.17) is 4.74 Å². The Bertz CT molecular complexity index is 543. The summed E-state index contributed by atoms with van der Waals surface area (Å²) < 4.78 is 5.20. The number of amides is 1. The van der Waals surface area contributed by atoms with Crippen LogP contribution in [-0.4, -0.2) is 53.1 Å². The van der Waals surface area contributed by atoms with Crippen molar-refractivity contribution in [3.05, 3.63) is 27.9 Å². The van der Waals surface area contributed by atoms with Crippen LogP contribution in [0, 0.1) is 17.0 Å². The van der Waals surface area contributed by atoms with E-state index in [-0.39, 0.29) is 17.4 Å². The van der Waals surface area contributed by atoms with Gasteiger partial charge in [-0.15, -0.1) is 0 Å². The second kappa shape index (κ2) is 6.49. The Kier molecular flexibility index (Phi) is 4.69. The predicted molar refractivity (Wildman–Crippen MR) is 76.1 cm³/mol. The molecule has 0 aromatic carbocycles. The Hall–Kier alpha value is -2.22. The minimum absolute atomic E-state index is 0.0980. The first-order valence-corrected chi connectivity index (χ1v) is 6.73. The number of hydrogen-bond acceptors (Lipinski definition) is 6. The van der Waals surface area contributed by atoms with Gasteiger partial charge >= 0.3 is 5.69 Å². The number of carbonyl (C=O) groups excluding carboxylic acids is 1. The second-order valence-corrected chi connectivity index (χ2v) is 4.89. The number of nitro groups is 1. The molecule has 0 aliphatic carbocycles. The van der Waals surface area contributed by atoms with Crippen LogP contribution in [0.2, 0.25) is 0 Å². The molecule has 0 radical (unpaired) electrons. The molecule has 1 fully saturated rings. The molecule has 2 rings (SSSR count). The van der Waals surface area contributed by atoms with Gasteiger partial charge in [-0.3, -0.25) is 14.9 Å². The van der Waals surface area contributed by atoms with Gasteiger partial charge in [0.2, 0.25) is 11.7 Å². The molecule has 1 aliphatic rings. The lowest BCUT2D eigenvalue weighted by Crippen LogP contribution is -2.47. The quantitative estimate of drug-likeness (QED) is 0.656. The van der Waals surface area contributed by atoms with Crippen LogP contribution in [0.15, 0.2) is 12.3 Å². The Morgan fingerprint density at radius 3 is 2.81 bits per heavy atom. The summed E-state index contributed by atoms with van der Waals surface area (Å²) in [5.41, 5.74) is 0.405. The summed E-state index contributed by atoms with van der Waals surface area (Å²) >= 11 is 0. The van der Waals surface area contributed by atoms with Crippen LogP contribution in [0.5, 0.6) is 0 Å². The molecule has 1 atom stereocenters. The molecule has 1 N–H and O–H groups in total. The maximum Gasteiger partial charge on any atom is 0.314 e. The van der Waals surface area contributed by atoms with Crippen molar-refractivity contribution in [3.63, 3.8) is 0 Å². The van der Waals surface area contributed by atoms with Crippen LogP contribution in [0.1, 0.15) is 12.5 Å². The normalized spacial score (nSPS) is 16.4. The Labute approximate surface area is 122 Å². The zero-order valence-electron chi connectivity index (χ0n) is 12.0. The number of morpholine rings is 1. The number of ether oxygens (including phenoxy) is 1. The van der Waals surface area contributed by atoms with E-state index in [1.54, 1.807) is 24.8 Å². The third kappa shape index (κ3) is 3.46. The molecule has 1 unspecified atom stereocenters. The molecule has 2 heterocycles. The summed E-state index contributed by atoms with van der Waals surface area (Å²) in [4.78, 5) is 28.6. The molecule has 0 saturated carbocycles. The highest BCUT2D eigenvalue weighted by Gasteiger charge is 2.26. The molecule has 0 spiro atoms. The molecular formula is C13H18N4O4. The van der Waals surface area contributed by atoms with Gasteiger partial charge in [0.05, 0.1) is 18.1 Å². The molecule has 1 aliphatic heterocycles. The van der Waals surface area contributed by atoms with Crippen molar-refractivity contribution in [2.75, 3.05) is 31.6 Å². The molecule has 8 nitrogen and oxygen atoms in total. The lowest BCUT2D eigenvalue weighted by molar-refractivity contribution is -0.384. The first-order valence-electron chi connectivity index (χ1n) is 6.73. The van der Waals surface area contributed by atoms with Gasteiger partial charge < -0.3 is 15.0 Å². The number of aryl methyl sites for hydroxylation is 1. The second-order valence-electron chi connectivity index (χ2n) is 4.89. The fraction of sp³-hybridized carbons (Fsp3) is 0.538. The van der Waals surface area contributed by atoms with E-state index in [1.807, 2.05) is 0 Å². The third-order valence-corrected chi connectivity index (χ3v) is 3.35. The highest BCUT2D eigenvalue weighted by molar-refractivity contribution is 5.84. The largest absolute Gasteiger partial charge is 0.378 e. The highest BCUT2D eigenvalue weighted by atomic mass is 16.6. The summed E-state index contributed by atoms with van der Waals surface area (Å²) in [6.45, 7) is 5.41. The van der Waals surface area contributed by atoms with E-state index in [0.717, 1.165) is 0 Å². The molecule has 114 valence electrons. The van der Waals surface area contributed by atoms with Crippen LogP contribution in [0.3, 0.4) is 0 Å². The lowest BCUT2D eigenvalue weighted by atomic mass is 10.2. The molecule has 1 aromatic heterocycles. The summed E-state index contributed by atoms with van der Waals surface area (Å²) in [5, 5.41) is 14.0. The number of nitrogens with zero attached hydrogens (tertiary/aromatic N) is 3. The van der Waals surface area contributed by atoms with Gasteiger partial charge in [-0.25, -0.2) is 4.98 Å². The Morgan fingerprint density at radius 2 is 2.19 bits per heavy atom. The maximum atomic E-state index is 12.3. The van der Waals surface area contributed by atoms with Gasteiger partial charge in [0, 0.05) is 24.8 Å². The molecular weight excluding hydrogens is 276 g/mol. The van der Waals surface area contributed by atoms with Crippen LogP contribution in [0.25, 0.3) is 0 Å². The maximum absolute atomic E-state index is 12.3. The first-order chi connectivity index (χ1) is 10.0. The van der Waals surface area contributed by atoms with Gasteiger partial charge in [0.15, 0.2) is 0 Å². The van der Waals surface area contributed by atoms with Crippen molar-refractivity contribution in [1.82, 2.24) is 9.88 Å². The number of hydrogen-bond donors (Lipinski definition) is 1. The topological polar surface area (TPSA) is 97.6 Å². The average molecular weight is 294 g/mol. The number of nitrogens with one attached hydrogen (secondary N) is 1. The van der Waals surface area contributed by atoms with Gasteiger partial charge in [0.1, 0.15) is 6.04 Å². The van der Waals surface area contributed by atoms with Crippen LogP contribution in [0.4, 0.5) is 11.5 Å². The predicted octanol–water partition coefficient (Wildman–Crippen LogP) is 0.957. The summed E-state index contributed by atoms with van der Waals surface area (Å²) in [6, 6.07) is 0.980. The fourth-order valence-electron chi connectivity index (χ4n) is 2.21. The summed E-state index contributed by atoms with van der Waals surface area (Å²) in [6.07, 6.45) is 1.48. The number of rotatable bonds is 4. The van der Waals surface area contributed by atoms with Gasteiger partial charge in [0.25, 0.3) is 0 Å². The Morgan fingerprint density at radius 1 is 1.52 bits per heavy atom. The molecule has 1 amide bonds. The molecule has 1 aromatic rings. The lowest BCUT2D eigenvalue weighted by Gasteiger charge is -2.29. The SMILES string of the molecule is Cc1ccnc(NC(C)C(=O)N2CCOCC2)c1[N+](=O)[O-]. The van der Waals surface area contributed by atoms with Crippen molar-refractivity contribution in [2.45, 2.75) is 19.9 Å². The zero-order valence-corrected chi connectivity index (χ0v) is 12.0. The van der Waals surface area contributed by atoms with E-state index in [0.29, 0.717) is 31.9 Å². The third-order valence-electron chi connectivity index (χ3n) is 3.35. The molecule has 1 saturated heterocycles. The average Bonchev–Trinajstić information content (AvgIpc) is 2.47. The summed E-state index contributed by atoms with van der Waals surface area (Å²) in [5.74, 6) is 0.00464. The van der Waals surface area contributed by atoms with Crippen molar-refractivity contribution >= 4 is 17.4 Å². The van der Waals surface area contributed by atoms with Crippen molar-refractivity contribution in [3.8, 4) is 0 Å². The number of pyridine rings is 1. The fourth-order valence-corrected chi connectivity index (χ4v) is 2.21. The van der Waals surface area contributed by atoms with E-state index in [9.17, 15) is 14.9 Å². The van der Waals surface area contributed by atoms with Crippen LogP contribution >= 0.6 is 0 Å². The van der Waals surface area contributed by atoms with Crippen LogP contribution < -0.4 is 5.32 Å². The Balaban J connectivity index is 2.12. The number of anilines is 1. The van der Waals surface area contributed by atoms with Crippen LogP contribution in [-0.2, 0) is 9.53 Å². The van der Waals surface area contributed by atoms with Gasteiger partial charge in [-0.2, -0.15) is 0 Å². The van der Waals surface area contributed by atoms with E-state index in [2.05, 4.69) is 10.3 Å². The van der Waals surface area contributed by atoms with Gasteiger partial charge in [-0.1, -0.05) is 0 Å². The smallest absolute Gasteiger partial charge is 0.314 e. The molecule has 21 heavy (non-hydrogen) atoms. The highest BCUT2D eigenvalue weighted by Crippen LogP contribution is 2.26. The van der Waals surface area contributed by atoms with E-state index in [1.165, 1.54) is 6.20 Å². The molecule has 8 heteroatoms.